The summed E-state index contributed by atoms with van der Waals surface area (Å²) in [4.78, 5) is 4.33. The minimum absolute atomic E-state index is 0.269. The minimum Gasteiger partial charge on any atom is -0.396 e. The van der Waals surface area contributed by atoms with Gasteiger partial charge < -0.3 is 16.2 Å². The Morgan fingerprint density at radius 2 is 2.21 bits per heavy atom. The molecule has 0 saturated heterocycles. The number of hydrogen-bond acceptors (Lipinski definition) is 2. The van der Waals surface area contributed by atoms with Gasteiger partial charge in [0.25, 0.3) is 0 Å². The third-order valence-corrected chi connectivity index (χ3v) is 3.11. The summed E-state index contributed by atoms with van der Waals surface area (Å²) in [6, 6.07) is 0.576. The molecule has 0 heterocycles. The van der Waals surface area contributed by atoms with Gasteiger partial charge in [-0.3, -0.25) is 4.99 Å². The molecule has 0 aromatic rings. The molecule has 0 amide bonds. The van der Waals surface area contributed by atoms with Gasteiger partial charge in [-0.2, -0.15) is 0 Å². The van der Waals surface area contributed by atoms with Crippen molar-refractivity contribution in [3.63, 3.8) is 0 Å². The summed E-state index contributed by atoms with van der Waals surface area (Å²) in [6.45, 7) is 1.05. The van der Waals surface area contributed by atoms with Crippen molar-refractivity contribution in [3.05, 3.63) is 0 Å². The highest BCUT2D eigenvalue weighted by molar-refractivity contribution is 5.78. The number of nitrogens with one attached hydrogen (secondary N) is 1. The van der Waals surface area contributed by atoms with Crippen LogP contribution in [0.4, 0.5) is 0 Å². The Balaban J connectivity index is 1.73. The maximum atomic E-state index is 8.87. The molecular weight excluding hydrogens is 178 g/mol. The molecule has 0 spiro atoms. The Kier molecular flexibility index (Phi) is 2.63. The lowest BCUT2D eigenvalue weighted by atomic mass is 10.0. The molecule has 2 saturated carbocycles. The van der Waals surface area contributed by atoms with Gasteiger partial charge in [0.1, 0.15) is 0 Å². The van der Waals surface area contributed by atoms with Crippen LogP contribution in [0.25, 0.3) is 0 Å². The van der Waals surface area contributed by atoms with Crippen LogP contribution in [0.3, 0.4) is 0 Å². The smallest absolute Gasteiger partial charge is 0.188 e. The van der Waals surface area contributed by atoms with Crippen LogP contribution in [0.15, 0.2) is 4.99 Å². The number of rotatable bonds is 5. The monoisotopic (exact) mass is 197 g/mol. The fraction of sp³-hybridized carbons (Fsp3) is 0.900. The Labute approximate surface area is 84.6 Å². The Hall–Kier alpha value is -0.770. The van der Waals surface area contributed by atoms with Gasteiger partial charge in [0, 0.05) is 19.2 Å². The molecule has 0 radical (unpaired) electrons. The topological polar surface area (TPSA) is 70.6 Å². The Bertz CT molecular complexity index is 232. The first-order chi connectivity index (χ1) is 6.74. The van der Waals surface area contributed by atoms with E-state index in [0.717, 1.165) is 13.0 Å². The lowest BCUT2D eigenvalue weighted by molar-refractivity contribution is 0.251. The zero-order valence-corrected chi connectivity index (χ0v) is 8.50. The van der Waals surface area contributed by atoms with Crippen LogP contribution in [0, 0.1) is 5.41 Å². The van der Waals surface area contributed by atoms with Crippen molar-refractivity contribution in [1.29, 1.82) is 0 Å². The van der Waals surface area contributed by atoms with Crippen LogP contribution in [-0.4, -0.2) is 30.3 Å². The van der Waals surface area contributed by atoms with E-state index in [4.69, 9.17) is 10.8 Å². The largest absolute Gasteiger partial charge is 0.396 e. The third-order valence-electron chi connectivity index (χ3n) is 3.11. The summed E-state index contributed by atoms with van der Waals surface area (Å²) in [5, 5.41) is 12.0. The second kappa shape index (κ2) is 3.77. The van der Waals surface area contributed by atoms with E-state index in [1.807, 2.05) is 0 Å². The van der Waals surface area contributed by atoms with E-state index < -0.39 is 0 Å². The fourth-order valence-electron chi connectivity index (χ4n) is 1.64. The fourth-order valence-corrected chi connectivity index (χ4v) is 1.64. The van der Waals surface area contributed by atoms with Gasteiger partial charge in [-0.05, 0) is 37.5 Å². The number of hydrogen-bond donors (Lipinski definition) is 3. The van der Waals surface area contributed by atoms with Crippen molar-refractivity contribution < 1.29 is 5.11 Å². The van der Waals surface area contributed by atoms with E-state index in [1.165, 1.54) is 25.7 Å². The molecule has 4 N–H and O–H groups in total. The molecule has 80 valence electrons. The van der Waals surface area contributed by atoms with Crippen LogP contribution in [-0.2, 0) is 0 Å². The van der Waals surface area contributed by atoms with Crippen molar-refractivity contribution in [2.75, 3.05) is 13.2 Å². The van der Waals surface area contributed by atoms with Gasteiger partial charge in [-0.15, -0.1) is 0 Å². The predicted molar refractivity (Wildman–Crippen MR) is 56.0 cm³/mol. The molecule has 0 bridgehead atoms. The van der Waals surface area contributed by atoms with Crippen molar-refractivity contribution >= 4 is 5.96 Å². The molecule has 2 aliphatic carbocycles. The van der Waals surface area contributed by atoms with Crippen LogP contribution in [0.2, 0.25) is 0 Å². The number of aliphatic hydroxyl groups excluding tert-OH is 1. The quantitative estimate of drug-likeness (QED) is 0.436. The van der Waals surface area contributed by atoms with Crippen molar-refractivity contribution in [1.82, 2.24) is 5.32 Å². The van der Waals surface area contributed by atoms with Gasteiger partial charge in [-0.1, -0.05) is 0 Å². The highest BCUT2D eigenvalue weighted by Gasteiger charge is 2.41. The molecule has 4 heteroatoms. The molecule has 0 aliphatic heterocycles. The second-order valence-corrected chi connectivity index (χ2v) is 4.59. The van der Waals surface area contributed by atoms with E-state index in [9.17, 15) is 0 Å². The average Bonchev–Trinajstić information content (AvgIpc) is 3.00. The summed E-state index contributed by atoms with van der Waals surface area (Å²) in [5.41, 5.74) is 6.00. The predicted octanol–water partition coefficient (Wildman–Crippen LogP) is 0.216. The molecule has 4 nitrogen and oxygen atoms in total. The molecule has 2 fully saturated rings. The highest BCUT2D eigenvalue weighted by Crippen LogP contribution is 2.48. The average molecular weight is 197 g/mol. The maximum absolute atomic E-state index is 8.87. The lowest BCUT2D eigenvalue weighted by Gasteiger charge is -2.10. The van der Waals surface area contributed by atoms with Gasteiger partial charge in [0.05, 0.1) is 0 Å². The van der Waals surface area contributed by atoms with E-state index in [0.29, 0.717) is 12.0 Å². The standard InChI is InChI=1S/C10H19N3O/c11-9(13-8-1-2-8)12-7-10(3-4-10)5-6-14/h8,14H,1-7H2,(H3,11,12,13). The molecule has 0 aromatic heterocycles. The van der Waals surface area contributed by atoms with Gasteiger partial charge >= 0.3 is 0 Å². The Morgan fingerprint density at radius 1 is 1.50 bits per heavy atom. The number of aliphatic imine (C=N–C) groups is 1. The molecular formula is C10H19N3O. The van der Waals surface area contributed by atoms with E-state index >= 15 is 0 Å². The SMILES string of the molecule is NC(=NCC1(CCO)CC1)NC1CC1. The normalized spacial score (nSPS) is 24.8. The number of nitrogens with zero attached hydrogens (tertiary/aromatic N) is 1. The second-order valence-electron chi connectivity index (χ2n) is 4.59. The van der Waals surface area contributed by atoms with Crippen LogP contribution < -0.4 is 11.1 Å². The number of guanidine groups is 1. The van der Waals surface area contributed by atoms with Crippen molar-refractivity contribution in [2.45, 2.75) is 38.1 Å². The van der Waals surface area contributed by atoms with Crippen molar-refractivity contribution in [3.8, 4) is 0 Å². The molecule has 0 unspecified atom stereocenters. The third kappa shape index (κ3) is 2.61. The maximum Gasteiger partial charge on any atom is 0.188 e. The van der Waals surface area contributed by atoms with Crippen LogP contribution >= 0.6 is 0 Å². The molecule has 0 atom stereocenters. The highest BCUT2D eigenvalue weighted by atomic mass is 16.3. The number of nitrogens with two attached hydrogens (primary N) is 1. The first kappa shape index (κ1) is 9.77. The van der Waals surface area contributed by atoms with Gasteiger partial charge in [-0.25, -0.2) is 0 Å². The molecule has 2 aliphatic rings. The van der Waals surface area contributed by atoms with Gasteiger partial charge in [0.2, 0.25) is 0 Å². The minimum atomic E-state index is 0.269. The zero-order valence-electron chi connectivity index (χ0n) is 8.50. The number of aliphatic hydroxyl groups is 1. The summed E-state index contributed by atoms with van der Waals surface area (Å²) >= 11 is 0. The summed E-state index contributed by atoms with van der Waals surface area (Å²) < 4.78 is 0. The van der Waals surface area contributed by atoms with Gasteiger partial charge in [0.15, 0.2) is 5.96 Å². The van der Waals surface area contributed by atoms with E-state index in [-0.39, 0.29) is 12.0 Å². The van der Waals surface area contributed by atoms with Crippen LogP contribution in [0.1, 0.15) is 32.1 Å². The molecule has 0 aromatic carbocycles. The first-order valence-corrected chi connectivity index (χ1v) is 5.41. The summed E-state index contributed by atoms with van der Waals surface area (Å²) in [7, 11) is 0. The Morgan fingerprint density at radius 3 is 2.71 bits per heavy atom. The van der Waals surface area contributed by atoms with E-state index in [2.05, 4.69) is 10.3 Å². The van der Waals surface area contributed by atoms with Crippen LogP contribution in [0.5, 0.6) is 0 Å². The summed E-state index contributed by atoms with van der Waals surface area (Å²) in [6.07, 6.45) is 5.69. The molecule has 2 rings (SSSR count). The first-order valence-electron chi connectivity index (χ1n) is 5.41. The summed E-state index contributed by atoms with van der Waals surface area (Å²) in [5.74, 6) is 0.580. The lowest BCUT2D eigenvalue weighted by Crippen LogP contribution is -2.34. The van der Waals surface area contributed by atoms with Crippen molar-refractivity contribution in [2.24, 2.45) is 16.1 Å². The van der Waals surface area contributed by atoms with E-state index in [1.54, 1.807) is 0 Å². The molecule has 14 heavy (non-hydrogen) atoms. The zero-order chi connectivity index (χ0) is 10.0.